The zero-order valence-corrected chi connectivity index (χ0v) is 46.3. The number of anilines is 2. The second-order valence-electron chi connectivity index (χ2n) is 19.3. The third kappa shape index (κ3) is 16.2. The molecule has 0 N–H and O–H groups in total. The number of nitrogens with zero attached hydrogens (tertiary/aromatic N) is 2. The van der Waals surface area contributed by atoms with Gasteiger partial charge >= 0.3 is 45.3 Å². The van der Waals surface area contributed by atoms with Crippen molar-refractivity contribution < 1.29 is 102 Å². The maximum atomic E-state index is 15.9. The van der Waals surface area contributed by atoms with E-state index >= 15 is 30.7 Å². The third-order valence-corrected chi connectivity index (χ3v) is 32.8. The van der Waals surface area contributed by atoms with E-state index in [0.717, 1.165) is 10.4 Å². The van der Waals surface area contributed by atoms with Crippen LogP contribution in [0.3, 0.4) is 0 Å². The van der Waals surface area contributed by atoms with E-state index in [0.29, 0.717) is 36.3 Å². The first-order valence-electron chi connectivity index (χ1n) is 21.1. The average Bonchev–Trinajstić information content (AvgIpc) is 3.21. The topological polar surface area (TPSA) is 96.0 Å². The minimum Gasteiger partial charge on any atom is -0.416 e. The molecule has 0 aliphatic carbocycles. The molecule has 0 heterocycles. The van der Waals surface area contributed by atoms with Gasteiger partial charge in [-0.2, -0.15) is 57.1 Å². The highest BCUT2D eigenvalue weighted by Crippen LogP contribution is 2.54. The number of amides is 2. The fourth-order valence-corrected chi connectivity index (χ4v) is 32.9. The van der Waals surface area contributed by atoms with Gasteiger partial charge in [0.2, 0.25) is 19.2 Å². The number of alkyl halides is 14. The number of hydrogen-bond acceptors (Lipinski definition) is 8. The molecule has 401 valence electrons. The van der Waals surface area contributed by atoms with Crippen LogP contribution in [0.25, 0.3) is 0 Å². The van der Waals surface area contributed by atoms with E-state index in [2.05, 4.69) is 9.47 Å². The van der Waals surface area contributed by atoms with Crippen LogP contribution in [0.2, 0.25) is 95.2 Å². The Bertz CT molecular complexity index is 1970. The largest absolute Gasteiger partial charge is 0.482 e. The van der Waals surface area contributed by atoms with Crippen LogP contribution in [0.1, 0.15) is 6.42 Å². The van der Waals surface area contributed by atoms with Crippen LogP contribution >= 0.6 is 0 Å². The minimum atomic E-state index is -7.55. The van der Waals surface area contributed by atoms with Crippen molar-refractivity contribution in [1.29, 1.82) is 0 Å². The smallest absolute Gasteiger partial charge is 0.416 e. The maximum absolute atomic E-state index is 15.9. The Hall–Kier alpha value is -2.61. The summed E-state index contributed by atoms with van der Waals surface area (Å²) in [4.78, 5) is 27.1. The SMILES string of the molecule is CN(C=O)c1cccc([Si](C)(C)CC[Si](C)(C)O[Si](O[Si](C)C)(O[Si](C)(C)CC[Si](C)(C)c2cccc(N(C)C=O)c2)C(CC(F)OC(F)(F)C(F)(OC(F)(F)C(F)(F)OF)C(F)(F)F)C(F)(F)F)c1. The van der Waals surface area contributed by atoms with E-state index in [1.807, 2.05) is 26.2 Å². The molecule has 0 aliphatic rings. The first kappa shape index (κ1) is 63.5. The highest BCUT2D eigenvalue weighted by molar-refractivity contribution is 6.94. The maximum Gasteiger partial charge on any atom is 0.482 e. The third-order valence-electron chi connectivity index (χ3n) is 11.2. The van der Waals surface area contributed by atoms with Crippen molar-refractivity contribution in [2.45, 2.75) is 144 Å². The molecule has 2 aromatic rings. The Labute approximate surface area is 403 Å². The molecule has 0 spiro atoms. The molecule has 0 saturated carbocycles. The normalized spacial score (nSPS) is 15.9. The second-order valence-corrected chi connectivity index (χ2v) is 43.2. The highest BCUT2D eigenvalue weighted by Gasteiger charge is 2.81. The fourth-order valence-electron chi connectivity index (χ4n) is 6.87. The van der Waals surface area contributed by atoms with Crippen LogP contribution in [0.5, 0.6) is 0 Å². The van der Waals surface area contributed by atoms with Gasteiger partial charge in [-0.25, -0.2) is 4.39 Å². The molecule has 0 bridgehead atoms. The van der Waals surface area contributed by atoms with Crippen LogP contribution < -0.4 is 20.2 Å². The summed E-state index contributed by atoms with van der Waals surface area (Å²) in [7, 11) is -17.9. The van der Waals surface area contributed by atoms with Gasteiger partial charge in [-0.15, -0.1) is 4.94 Å². The predicted octanol–water partition coefficient (Wildman–Crippen LogP) is 11.6. The first-order valence-corrected chi connectivity index (χ1v) is 38.0. The van der Waals surface area contributed by atoms with E-state index in [4.69, 9.17) is 12.3 Å². The molecular formula is C39H58F15N2O8Si6. The Morgan fingerprint density at radius 2 is 1.03 bits per heavy atom. The summed E-state index contributed by atoms with van der Waals surface area (Å²) >= 11 is 0. The molecule has 31 heteroatoms. The van der Waals surface area contributed by atoms with Gasteiger partial charge in [0.15, 0.2) is 25.7 Å². The molecule has 0 aliphatic heterocycles. The van der Waals surface area contributed by atoms with Gasteiger partial charge in [-0.1, -0.05) is 72.9 Å². The number of carbonyl (C=O) groups excluding carboxylic acids is 2. The average molecular weight is 1140 g/mol. The van der Waals surface area contributed by atoms with Crippen molar-refractivity contribution in [3.05, 3.63) is 48.5 Å². The van der Waals surface area contributed by atoms with Gasteiger partial charge in [0.05, 0.1) is 16.1 Å². The molecule has 10 nitrogen and oxygen atoms in total. The molecule has 0 saturated heterocycles. The van der Waals surface area contributed by atoms with Gasteiger partial charge in [-0.3, -0.25) is 19.1 Å². The number of rotatable bonds is 28. The quantitative estimate of drug-likeness (QED) is 0.0472. The van der Waals surface area contributed by atoms with Gasteiger partial charge in [0.25, 0.3) is 0 Å². The van der Waals surface area contributed by atoms with Crippen molar-refractivity contribution in [1.82, 2.24) is 0 Å². The van der Waals surface area contributed by atoms with Crippen molar-refractivity contribution in [3.8, 4) is 0 Å². The first-order chi connectivity index (χ1) is 31.4. The summed E-state index contributed by atoms with van der Waals surface area (Å²) in [6, 6.07) is 14.5. The Kier molecular flexibility index (Phi) is 20.8. The van der Waals surface area contributed by atoms with Gasteiger partial charge in [0, 0.05) is 31.9 Å². The van der Waals surface area contributed by atoms with E-state index in [1.165, 1.54) is 68.1 Å². The summed E-state index contributed by atoms with van der Waals surface area (Å²) in [6.07, 6.45) is -40.5. The molecule has 1 radical (unpaired) electrons. The zero-order valence-electron chi connectivity index (χ0n) is 40.3. The summed E-state index contributed by atoms with van der Waals surface area (Å²) < 4.78 is 241. The summed E-state index contributed by atoms with van der Waals surface area (Å²) in [6.45, 7) is 16.2. The Balaban J connectivity index is 2.83. The molecule has 3 atom stereocenters. The van der Waals surface area contributed by atoms with Crippen molar-refractivity contribution >= 4 is 85.2 Å². The van der Waals surface area contributed by atoms with E-state index in [9.17, 15) is 44.8 Å². The zero-order chi connectivity index (χ0) is 54.5. The fraction of sp³-hybridized carbons (Fsp3) is 0.641. The number of hydrogen-bond donors (Lipinski definition) is 0. The van der Waals surface area contributed by atoms with Crippen molar-refractivity contribution in [2.24, 2.45) is 0 Å². The van der Waals surface area contributed by atoms with E-state index in [1.54, 1.807) is 48.5 Å². The van der Waals surface area contributed by atoms with Crippen LogP contribution in [0.4, 0.5) is 77.4 Å². The monoisotopic (exact) mass is 1140 g/mol. The number of benzene rings is 2. The van der Waals surface area contributed by atoms with Gasteiger partial charge < -0.3 is 22.1 Å². The standard InChI is InChI=1S/C39H58F15N2O8Si6/c1-55(26-57)28-15-13-17-30(23-28)66(5,6)19-21-68(9,10)63-70(62-65(3)4,64-69(11,12)22-20-67(7,8)31-18-14-16-29(24-31)56(2)27-58)32(34(41,42)43)25-33(40)59-37(48,49)35(44,36(45,46)47)60-38(50,51)39(52,53)61-54/h13-18,23-24,26-27,32-33H,19-22,25H2,1-12H3. The lowest BCUT2D eigenvalue weighted by Crippen LogP contribution is -2.66. The molecule has 70 heavy (non-hydrogen) atoms. The summed E-state index contributed by atoms with van der Waals surface area (Å²) in [5.74, 6) is -7.49. The molecule has 2 aromatic carbocycles. The Morgan fingerprint density at radius 1 is 0.629 bits per heavy atom. The molecular weight excluding hydrogens is 1080 g/mol. The van der Waals surface area contributed by atoms with Crippen LogP contribution in [-0.2, 0) is 36.3 Å². The predicted molar refractivity (Wildman–Crippen MR) is 245 cm³/mol. The van der Waals surface area contributed by atoms with Crippen LogP contribution in [0.15, 0.2) is 48.5 Å². The lowest BCUT2D eigenvalue weighted by atomic mass is 10.2. The lowest BCUT2D eigenvalue weighted by Gasteiger charge is -2.47. The van der Waals surface area contributed by atoms with Crippen molar-refractivity contribution in [2.75, 3.05) is 23.9 Å². The lowest BCUT2D eigenvalue weighted by molar-refractivity contribution is -0.557. The van der Waals surface area contributed by atoms with Gasteiger partial charge in [0.1, 0.15) is 5.54 Å². The number of carbonyl (C=O) groups is 2. The molecule has 0 aromatic heterocycles. The van der Waals surface area contributed by atoms with E-state index < -0.39 is 105 Å². The van der Waals surface area contributed by atoms with Gasteiger partial charge in [-0.05, 0) is 80.2 Å². The highest BCUT2D eigenvalue weighted by atomic mass is 28.5. The minimum absolute atomic E-state index is 0.0391. The summed E-state index contributed by atoms with van der Waals surface area (Å²) in [5.41, 5.74) is -2.46. The number of halogens is 15. The Morgan fingerprint density at radius 3 is 1.36 bits per heavy atom. The van der Waals surface area contributed by atoms with Crippen LogP contribution in [0, 0.1) is 0 Å². The van der Waals surface area contributed by atoms with Crippen LogP contribution in [-0.4, -0.2) is 120 Å². The van der Waals surface area contributed by atoms with E-state index in [-0.39, 0.29) is 12.1 Å². The molecule has 2 amide bonds. The van der Waals surface area contributed by atoms with Crippen molar-refractivity contribution in [3.63, 3.8) is 0 Å². The summed E-state index contributed by atoms with van der Waals surface area (Å²) in [5, 5.41) is 1.63. The number of ether oxygens (including phenoxy) is 2. The molecule has 3 unspecified atom stereocenters. The molecule has 2 rings (SSSR count). The molecule has 0 fully saturated rings. The second kappa shape index (κ2) is 22.9.